The Morgan fingerprint density at radius 1 is 1.08 bits per heavy atom. The number of aliphatic hydroxyl groups excluding tert-OH is 1. The highest BCUT2D eigenvalue weighted by Crippen LogP contribution is 2.29. The monoisotopic (exact) mass is 364 g/mol. The predicted octanol–water partition coefficient (Wildman–Crippen LogP) is 2.70. The van der Waals surface area contributed by atoms with Gasteiger partial charge in [-0.3, -0.25) is 9.78 Å². The number of nitrogens with zero attached hydrogens (tertiary/aromatic N) is 2. The summed E-state index contributed by atoms with van der Waals surface area (Å²) in [5.41, 5.74) is 0.832. The molecule has 2 aromatic rings. The van der Waals surface area contributed by atoms with Crippen LogP contribution in [0.3, 0.4) is 0 Å². The SMILES string of the molecule is O=C(Cc1ccc(C(F)(F)F)cc1)N1C[C@@H](Cc2ccncc2)[C@H](O)C1. The molecule has 0 spiro atoms. The van der Waals surface area contributed by atoms with Crippen LogP contribution in [0.1, 0.15) is 16.7 Å². The van der Waals surface area contributed by atoms with Gasteiger partial charge in [0.05, 0.1) is 18.1 Å². The molecule has 2 atom stereocenters. The molecule has 0 radical (unpaired) electrons. The molecule has 2 heterocycles. The van der Waals surface area contributed by atoms with E-state index in [-0.39, 0.29) is 24.8 Å². The van der Waals surface area contributed by atoms with Gasteiger partial charge in [-0.05, 0) is 41.8 Å². The number of likely N-dealkylation sites (tertiary alicyclic amines) is 1. The zero-order valence-corrected chi connectivity index (χ0v) is 14.0. The van der Waals surface area contributed by atoms with Gasteiger partial charge in [0, 0.05) is 31.4 Å². The fraction of sp³-hybridized carbons (Fsp3) is 0.368. The van der Waals surface area contributed by atoms with E-state index in [0.29, 0.717) is 18.5 Å². The lowest BCUT2D eigenvalue weighted by Gasteiger charge is -2.16. The lowest BCUT2D eigenvalue weighted by atomic mass is 9.97. The Morgan fingerprint density at radius 2 is 1.73 bits per heavy atom. The van der Waals surface area contributed by atoms with Crippen LogP contribution in [0.5, 0.6) is 0 Å². The summed E-state index contributed by atoms with van der Waals surface area (Å²) in [5.74, 6) is -0.255. The Labute approximate surface area is 149 Å². The third kappa shape index (κ3) is 4.40. The van der Waals surface area contributed by atoms with Crippen molar-refractivity contribution in [3.63, 3.8) is 0 Å². The summed E-state index contributed by atoms with van der Waals surface area (Å²) in [6.07, 6.45) is -0.962. The summed E-state index contributed by atoms with van der Waals surface area (Å²) in [4.78, 5) is 18.0. The van der Waals surface area contributed by atoms with Crippen molar-refractivity contribution in [2.75, 3.05) is 13.1 Å². The van der Waals surface area contributed by atoms with Crippen molar-refractivity contribution in [2.45, 2.75) is 25.1 Å². The topological polar surface area (TPSA) is 53.4 Å². The Kier molecular flexibility index (Phi) is 5.27. The molecule has 0 aliphatic carbocycles. The van der Waals surface area contributed by atoms with E-state index in [1.54, 1.807) is 17.3 Å². The number of hydrogen-bond donors (Lipinski definition) is 1. The number of alkyl halides is 3. The van der Waals surface area contributed by atoms with Gasteiger partial charge in [-0.25, -0.2) is 0 Å². The quantitative estimate of drug-likeness (QED) is 0.908. The maximum atomic E-state index is 12.6. The van der Waals surface area contributed by atoms with Crippen LogP contribution < -0.4 is 0 Å². The van der Waals surface area contributed by atoms with Crippen molar-refractivity contribution in [3.05, 3.63) is 65.5 Å². The molecular formula is C19H19F3N2O2. The number of amides is 1. The number of halogens is 3. The van der Waals surface area contributed by atoms with Crippen LogP contribution in [0.15, 0.2) is 48.8 Å². The summed E-state index contributed by atoms with van der Waals surface area (Å²) < 4.78 is 37.8. The zero-order chi connectivity index (χ0) is 18.7. The third-order valence-electron chi connectivity index (χ3n) is 4.64. The van der Waals surface area contributed by atoms with Crippen LogP contribution in [0, 0.1) is 5.92 Å². The first kappa shape index (κ1) is 18.4. The van der Waals surface area contributed by atoms with Gasteiger partial charge in [0.15, 0.2) is 0 Å². The van der Waals surface area contributed by atoms with Gasteiger partial charge < -0.3 is 10.0 Å². The number of carbonyl (C=O) groups is 1. The Morgan fingerprint density at radius 3 is 2.35 bits per heavy atom. The van der Waals surface area contributed by atoms with Gasteiger partial charge in [0.1, 0.15) is 0 Å². The maximum absolute atomic E-state index is 12.6. The second-order valence-corrected chi connectivity index (χ2v) is 6.56. The molecule has 0 saturated carbocycles. The molecule has 138 valence electrons. The average molecular weight is 364 g/mol. The first-order valence-electron chi connectivity index (χ1n) is 8.34. The zero-order valence-electron chi connectivity index (χ0n) is 14.0. The molecule has 1 aromatic carbocycles. The molecule has 1 aliphatic rings. The van der Waals surface area contributed by atoms with Crippen LogP contribution in [0.25, 0.3) is 0 Å². The third-order valence-corrected chi connectivity index (χ3v) is 4.64. The molecule has 1 aromatic heterocycles. The van der Waals surface area contributed by atoms with Crippen molar-refractivity contribution in [1.82, 2.24) is 9.88 Å². The summed E-state index contributed by atoms with van der Waals surface area (Å²) in [6.45, 7) is 0.679. The Hall–Kier alpha value is -2.41. The number of aromatic nitrogens is 1. The minimum atomic E-state index is -4.39. The van der Waals surface area contributed by atoms with Crippen LogP contribution in [-0.2, 0) is 23.8 Å². The second kappa shape index (κ2) is 7.45. The van der Waals surface area contributed by atoms with E-state index in [4.69, 9.17) is 0 Å². The number of carbonyl (C=O) groups excluding carboxylic acids is 1. The van der Waals surface area contributed by atoms with E-state index in [9.17, 15) is 23.1 Å². The molecule has 1 N–H and O–H groups in total. The molecule has 1 fully saturated rings. The van der Waals surface area contributed by atoms with Crippen LogP contribution >= 0.6 is 0 Å². The fourth-order valence-corrected chi connectivity index (χ4v) is 3.18. The molecule has 1 amide bonds. The first-order valence-corrected chi connectivity index (χ1v) is 8.34. The fourth-order valence-electron chi connectivity index (χ4n) is 3.18. The van der Waals surface area contributed by atoms with E-state index < -0.39 is 17.8 Å². The van der Waals surface area contributed by atoms with Gasteiger partial charge >= 0.3 is 6.18 Å². The molecule has 0 bridgehead atoms. The number of aliphatic hydroxyl groups is 1. The second-order valence-electron chi connectivity index (χ2n) is 6.56. The maximum Gasteiger partial charge on any atom is 0.416 e. The number of pyridine rings is 1. The predicted molar refractivity (Wildman–Crippen MR) is 89.2 cm³/mol. The first-order chi connectivity index (χ1) is 12.3. The lowest BCUT2D eigenvalue weighted by Crippen LogP contribution is -2.31. The van der Waals surface area contributed by atoms with E-state index in [0.717, 1.165) is 17.7 Å². The minimum Gasteiger partial charge on any atom is -0.391 e. The van der Waals surface area contributed by atoms with E-state index in [2.05, 4.69) is 4.98 Å². The Balaban J connectivity index is 1.58. The summed E-state index contributed by atoms with van der Waals surface area (Å²) >= 11 is 0. The van der Waals surface area contributed by atoms with Crippen molar-refractivity contribution in [1.29, 1.82) is 0 Å². The number of β-amino-alcohol motifs (C(OH)–C–C–N with tert-alkyl or cyclic N) is 1. The molecule has 26 heavy (non-hydrogen) atoms. The molecule has 7 heteroatoms. The van der Waals surface area contributed by atoms with Crippen LogP contribution in [0.2, 0.25) is 0 Å². The highest BCUT2D eigenvalue weighted by atomic mass is 19.4. The van der Waals surface area contributed by atoms with Crippen molar-refractivity contribution < 1.29 is 23.1 Å². The summed E-state index contributed by atoms with van der Waals surface area (Å²) in [7, 11) is 0. The smallest absolute Gasteiger partial charge is 0.391 e. The van der Waals surface area contributed by atoms with Crippen LogP contribution in [0.4, 0.5) is 13.2 Å². The largest absolute Gasteiger partial charge is 0.416 e. The summed E-state index contributed by atoms with van der Waals surface area (Å²) in [5, 5.41) is 10.2. The highest BCUT2D eigenvalue weighted by Gasteiger charge is 2.34. The van der Waals surface area contributed by atoms with E-state index in [1.165, 1.54) is 12.1 Å². The van der Waals surface area contributed by atoms with Gasteiger partial charge in [-0.2, -0.15) is 13.2 Å². The van der Waals surface area contributed by atoms with Gasteiger partial charge in [0.25, 0.3) is 0 Å². The molecule has 0 unspecified atom stereocenters. The summed E-state index contributed by atoms with van der Waals surface area (Å²) in [6, 6.07) is 8.35. The molecule has 4 nitrogen and oxygen atoms in total. The molecule has 1 saturated heterocycles. The van der Waals surface area contributed by atoms with E-state index in [1.807, 2.05) is 12.1 Å². The van der Waals surface area contributed by atoms with Gasteiger partial charge in [-0.1, -0.05) is 12.1 Å². The standard InChI is InChI=1S/C19H19F3N2O2/c20-19(21,22)16-3-1-13(2-4-16)10-18(26)24-11-15(17(25)12-24)9-14-5-7-23-8-6-14/h1-8,15,17,25H,9-12H2/t15-,17-/m1/s1. The van der Waals surface area contributed by atoms with E-state index >= 15 is 0 Å². The minimum absolute atomic E-state index is 0.0207. The normalized spacial score (nSPS) is 20.4. The Bertz CT molecular complexity index is 748. The highest BCUT2D eigenvalue weighted by molar-refractivity contribution is 5.79. The van der Waals surface area contributed by atoms with Crippen molar-refractivity contribution in [2.24, 2.45) is 5.92 Å². The van der Waals surface area contributed by atoms with Crippen LogP contribution in [-0.4, -0.2) is 40.1 Å². The average Bonchev–Trinajstić information content (AvgIpc) is 2.96. The molecular weight excluding hydrogens is 345 g/mol. The lowest BCUT2D eigenvalue weighted by molar-refractivity contribution is -0.137. The van der Waals surface area contributed by atoms with Crippen molar-refractivity contribution >= 4 is 5.91 Å². The number of benzene rings is 1. The van der Waals surface area contributed by atoms with Gasteiger partial charge in [-0.15, -0.1) is 0 Å². The number of rotatable bonds is 4. The van der Waals surface area contributed by atoms with Crippen molar-refractivity contribution in [3.8, 4) is 0 Å². The molecule has 1 aliphatic heterocycles. The van der Waals surface area contributed by atoms with Gasteiger partial charge in [0.2, 0.25) is 5.91 Å². The number of hydrogen-bond acceptors (Lipinski definition) is 3. The molecule has 3 rings (SSSR count).